The molecule has 4 heterocycles. The van der Waals surface area contributed by atoms with Crippen LogP contribution in [0.4, 0.5) is 19.0 Å². The number of ether oxygens (including phenoxy) is 3. The first-order valence-corrected chi connectivity index (χ1v) is 16.8. The van der Waals surface area contributed by atoms with Crippen molar-refractivity contribution in [3.8, 4) is 23.0 Å². The third-order valence-corrected chi connectivity index (χ3v) is 9.69. The van der Waals surface area contributed by atoms with Gasteiger partial charge in [0.2, 0.25) is 11.8 Å². The quantitative estimate of drug-likeness (QED) is 0.136. The first-order valence-electron chi connectivity index (χ1n) is 16.8. The number of aromatic nitrogens is 3. The number of carbonyl (C=O) groups is 2. The molecule has 0 spiro atoms. The van der Waals surface area contributed by atoms with Gasteiger partial charge >= 0.3 is 6.01 Å². The molecule has 2 fully saturated rings. The van der Waals surface area contributed by atoms with Crippen molar-refractivity contribution in [1.29, 1.82) is 0 Å². The number of pyridine rings is 1. The molecule has 2 aromatic heterocycles. The second-order valence-corrected chi connectivity index (χ2v) is 12.9. The smallest absolute Gasteiger partial charge is 0.319 e. The van der Waals surface area contributed by atoms with E-state index in [1.807, 2.05) is 6.92 Å². The van der Waals surface area contributed by atoms with Crippen molar-refractivity contribution in [3.05, 3.63) is 47.7 Å². The van der Waals surface area contributed by atoms with E-state index in [9.17, 15) is 14.0 Å². The molecular formula is C36H41F3N6O5. The number of methoxy groups -OCH3 is 1. The minimum atomic E-state index is -0.958. The first kappa shape index (κ1) is 35.3. The molecule has 2 atom stereocenters. The predicted octanol–water partition coefficient (Wildman–Crippen LogP) is 5.82. The van der Waals surface area contributed by atoms with Gasteiger partial charge in [-0.3, -0.25) is 24.4 Å². The maximum atomic E-state index is 16.9. The van der Waals surface area contributed by atoms with Crippen molar-refractivity contribution in [2.24, 2.45) is 0 Å². The Balaban J connectivity index is 1.41. The van der Waals surface area contributed by atoms with Gasteiger partial charge in [0.1, 0.15) is 41.4 Å². The highest BCUT2D eigenvalue weighted by molar-refractivity contribution is 6.01. The van der Waals surface area contributed by atoms with E-state index in [0.29, 0.717) is 53.5 Å². The van der Waals surface area contributed by atoms with Crippen molar-refractivity contribution in [2.75, 3.05) is 52.5 Å². The maximum Gasteiger partial charge on any atom is 0.319 e. The Morgan fingerprint density at radius 1 is 1.18 bits per heavy atom. The summed E-state index contributed by atoms with van der Waals surface area (Å²) in [6.45, 7) is 4.59. The molecule has 50 heavy (non-hydrogen) atoms. The molecule has 0 bridgehead atoms. The molecule has 0 saturated carbocycles. The lowest BCUT2D eigenvalue weighted by Gasteiger charge is -2.30. The van der Waals surface area contributed by atoms with E-state index in [1.54, 1.807) is 18.2 Å². The highest BCUT2D eigenvalue weighted by atomic mass is 19.1. The van der Waals surface area contributed by atoms with Crippen LogP contribution < -0.4 is 14.8 Å². The normalized spacial score (nSPS) is 18.8. The van der Waals surface area contributed by atoms with Crippen LogP contribution in [0.3, 0.4) is 0 Å². The largest absolute Gasteiger partial charge is 0.468 e. The van der Waals surface area contributed by atoms with Crippen LogP contribution in [0.25, 0.3) is 32.9 Å². The van der Waals surface area contributed by atoms with Crippen LogP contribution >= 0.6 is 0 Å². The minimum Gasteiger partial charge on any atom is -0.468 e. The number of hydrogen-bond donors (Lipinski definition) is 1. The number of hydrogen-bond acceptors (Lipinski definition) is 10. The molecule has 2 aliphatic rings. The number of imide groups is 1. The van der Waals surface area contributed by atoms with E-state index in [4.69, 9.17) is 14.2 Å². The predicted molar refractivity (Wildman–Crippen MR) is 182 cm³/mol. The van der Waals surface area contributed by atoms with Crippen LogP contribution in [0.2, 0.25) is 0 Å². The summed E-state index contributed by atoms with van der Waals surface area (Å²) in [6, 6.07) is 6.22. The van der Waals surface area contributed by atoms with Crippen molar-refractivity contribution in [1.82, 2.24) is 24.8 Å². The summed E-state index contributed by atoms with van der Waals surface area (Å²) in [5, 5.41) is 4.55. The van der Waals surface area contributed by atoms with Gasteiger partial charge in [-0.05, 0) is 66.8 Å². The topological polar surface area (TPSA) is 119 Å². The molecule has 0 aliphatic carbocycles. The fraction of sp³-hybridized carbons (Fsp3) is 0.472. The molecule has 266 valence electrons. The van der Waals surface area contributed by atoms with Gasteiger partial charge in [0.25, 0.3) is 0 Å². The highest BCUT2D eigenvalue weighted by Gasteiger charge is 2.49. The Bertz CT molecular complexity index is 1930. The minimum absolute atomic E-state index is 0.0535. The Kier molecular flexibility index (Phi) is 10.4. The van der Waals surface area contributed by atoms with Gasteiger partial charge < -0.3 is 19.5 Å². The van der Waals surface area contributed by atoms with E-state index < -0.39 is 23.3 Å². The van der Waals surface area contributed by atoms with Crippen LogP contribution in [0.5, 0.6) is 11.8 Å². The van der Waals surface area contributed by atoms with Gasteiger partial charge in [0.05, 0.1) is 10.9 Å². The molecule has 2 aliphatic heterocycles. The molecule has 6 rings (SSSR count). The molecule has 2 amide bonds. The van der Waals surface area contributed by atoms with E-state index in [-0.39, 0.29) is 66.6 Å². The maximum absolute atomic E-state index is 16.9. The SMILES string of the molecule is CCc1c(F)ccc2cc(OCOC)cc(-c3ncc4c(NCCCC(=O)N(C)C(C)=O)nc(OC[C@@]56CCCN5C[C@H](F)C6)nc4c3F)c12. The molecule has 4 aromatic rings. The zero-order chi connectivity index (χ0) is 35.6. The van der Waals surface area contributed by atoms with Crippen LogP contribution in [0, 0.1) is 11.6 Å². The number of aryl methyl sites for hydroxylation is 1. The van der Waals surface area contributed by atoms with Gasteiger partial charge in [0.15, 0.2) is 12.6 Å². The molecule has 0 unspecified atom stereocenters. The number of benzene rings is 2. The third kappa shape index (κ3) is 6.91. The summed E-state index contributed by atoms with van der Waals surface area (Å²) in [6.07, 6.45) is 3.30. The number of carbonyl (C=O) groups excluding carboxylic acids is 2. The zero-order valence-electron chi connectivity index (χ0n) is 28.7. The monoisotopic (exact) mass is 694 g/mol. The zero-order valence-corrected chi connectivity index (χ0v) is 28.7. The van der Waals surface area contributed by atoms with E-state index in [2.05, 4.69) is 25.2 Å². The standard InChI is InChI=1S/C36H41F3N6O5/c1-5-25-28(38)10-9-22-14-24(50-20-48-4)15-26(30(22)25)32-31(39)33-27(17-41-32)34(40-12-6-8-29(47)44(3)21(2)46)43-35(42-33)49-19-36-11-7-13-45(36)18-23(37)16-36/h9-10,14-15,17,23H,5-8,11-13,16,18-20H2,1-4H3,(H,40,42,43)/t23-,36+/m1/s1. The van der Waals surface area contributed by atoms with Crippen molar-refractivity contribution in [3.63, 3.8) is 0 Å². The molecule has 2 aromatic carbocycles. The van der Waals surface area contributed by atoms with Crippen molar-refractivity contribution in [2.45, 2.75) is 64.1 Å². The van der Waals surface area contributed by atoms with E-state index in [1.165, 1.54) is 33.3 Å². The summed E-state index contributed by atoms with van der Waals surface area (Å²) in [5.41, 5.74) is 0.0678. The number of amides is 2. The van der Waals surface area contributed by atoms with Gasteiger partial charge in [0, 0.05) is 58.8 Å². The second-order valence-electron chi connectivity index (χ2n) is 12.9. The van der Waals surface area contributed by atoms with Crippen LogP contribution in [0.1, 0.15) is 51.5 Å². The average molecular weight is 695 g/mol. The lowest BCUT2D eigenvalue weighted by atomic mass is 9.94. The fourth-order valence-electron chi connectivity index (χ4n) is 7.09. The van der Waals surface area contributed by atoms with E-state index >= 15 is 8.78 Å². The summed E-state index contributed by atoms with van der Waals surface area (Å²) >= 11 is 0. The Hall–Kier alpha value is -4.56. The Labute approximate surface area is 288 Å². The molecule has 1 N–H and O–H groups in total. The molecular weight excluding hydrogens is 653 g/mol. The Morgan fingerprint density at radius 3 is 2.76 bits per heavy atom. The Morgan fingerprint density at radius 2 is 2.00 bits per heavy atom. The molecule has 2 saturated heterocycles. The van der Waals surface area contributed by atoms with Gasteiger partial charge in [-0.25, -0.2) is 13.2 Å². The summed E-state index contributed by atoms with van der Waals surface area (Å²) in [4.78, 5) is 40.6. The fourth-order valence-corrected chi connectivity index (χ4v) is 7.09. The van der Waals surface area contributed by atoms with Crippen LogP contribution in [-0.4, -0.2) is 95.5 Å². The molecule has 14 heteroatoms. The lowest BCUT2D eigenvalue weighted by Crippen LogP contribution is -2.43. The number of halogens is 3. The number of alkyl halides is 1. The second kappa shape index (κ2) is 14.7. The van der Waals surface area contributed by atoms with Gasteiger partial charge in [-0.2, -0.15) is 9.97 Å². The summed E-state index contributed by atoms with van der Waals surface area (Å²) in [5.74, 6) is -1.28. The lowest BCUT2D eigenvalue weighted by molar-refractivity contribution is -0.141. The third-order valence-electron chi connectivity index (χ3n) is 9.69. The number of rotatable bonds is 13. The number of nitrogens with zero attached hydrogens (tertiary/aromatic N) is 5. The molecule has 0 radical (unpaired) electrons. The van der Waals surface area contributed by atoms with Crippen LogP contribution in [-0.2, 0) is 20.7 Å². The number of anilines is 1. The summed E-state index contributed by atoms with van der Waals surface area (Å²) < 4.78 is 63.4. The average Bonchev–Trinajstić information content (AvgIpc) is 3.63. The highest BCUT2D eigenvalue weighted by Crippen LogP contribution is 2.41. The number of nitrogens with one attached hydrogen (secondary N) is 1. The van der Waals surface area contributed by atoms with Gasteiger partial charge in [-0.1, -0.05) is 13.0 Å². The summed E-state index contributed by atoms with van der Waals surface area (Å²) in [7, 11) is 2.91. The molecule has 11 nitrogen and oxygen atoms in total. The van der Waals surface area contributed by atoms with Crippen LogP contribution in [0.15, 0.2) is 30.5 Å². The van der Waals surface area contributed by atoms with Crippen molar-refractivity contribution >= 4 is 39.3 Å². The number of fused-ring (bicyclic) bond motifs is 3. The van der Waals surface area contributed by atoms with Gasteiger partial charge in [-0.15, -0.1) is 0 Å². The first-order chi connectivity index (χ1) is 24.0. The van der Waals surface area contributed by atoms with Crippen molar-refractivity contribution < 1.29 is 37.0 Å². The van der Waals surface area contributed by atoms with E-state index in [0.717, 1.165) is 24.3 Å².